The van der Waals surface area contributed by atoms with Crippen LogP contribution in [-0.2, 0) is 11.3 Å². The minimum atomic E-state index is -2.58. The first-order chi connectivity index (χ1) is 11.3. The Labute approximate surface area is 147 Å². The van der Waals surface area contributed by atoms with Gasteiger partial charge in [0.15, 0.2) is 0 Å². The van der Waals surface area contributed by atoms with Crippen molar-refractivity contribution in [2.75, 3.05) is 13.2 Å². The van der Waals surface area contributed by atoms with Crippen molar-refractivity contribution in [3.05, 3.63) is 40.9 Å². The lowest BCUT2D eigenvalue weighted by Crippen LogP contribution is -2.28. The third kappa shape index (κ3) is 3.13. The van der Waals surface area contributed by atoms with Gasteiger partial charge in [0, 0.05) is 13.1 Å². The molecule has 1 fully saturated rings. The Hall–Kier alpha value is -1.66. The van der Waals surface area contributed by atoms with Crippen LogP contribution in [0.1, 0.15) is 5.56 Å². The van der Waals surface area contributed by atoms with Crippen molar-refractivity contribution in [1.82, 2.24) is 4.90 Å². The van der Waals surface area contributed by atoms with E-state index in [9.17, 15) is 13.6 Å². The fourth-order valence-corrected chi connectivity index (χ4v) is 3.41. The second-order valence-corrected chi connectivity index (χ2v) is 6.63. The highest BCUT2D eigenvalue weighted by Gasteiger charge is 2.58. The van der Waals surface area contributed by atoms with Crippen molar-refractivity contribution < 1.29 is 18.3 Å². The van der Waals surface area contributed by atoms with Crippen LogP contribution < -0.4 is 4.74 Å². The second-order valence-electron chi connectivity index (χ2n) is 5.82. The summed E-state index contributed by atoms with van der Waals surface area (Å²) in [5.74, 6) is -0.267. The standard InChI is InChI=1S/C16H14Cl2F2N2O2/c17-11-5-9(1-2-12(11)24-8-13(19)20)6-22-7-10(14(18)21)16(3-4-16)15(22)23/h1-5,10,13,21H,6-8H2. The number of halogens is 4. The third-order valence-electron chi connectivity index (χ3n) is 4.20. The predicted molar refractivity (Wildman–Crippen MR) is 87.0 cm³/mol. The van der Waals surface area contributed by atoms with Gasteiger partial charge in [0.1, 0.15) is 17.5 Å². The normalized spacial score (nSPS) is 21.0. The van der Waals surface area contributed by atoms with Crippen molar-refractivity contribution >= 4 is 34.3 Å². The zero-order valence-corrected chi connectivity index (χ0v) is 14.0. The average molecular weight is 375 g/mol. The molecule has 1 aromatic carbocycles. The summed E-state index contributed by atoms with van der Waals surface area (Å²) < 4.78 is 29.3. The van der Waals surface area contributed by atoms with E-state index in [1.807, 2.05) is 0 Å². The summed E-state index contributed by atoms with van der Waals surface area (Å²) in [6.07, 6.45) is 0.962. The summed E-state index contributed by atoms with van der Waals surface area (Å²) in [5, 5.41) is 7.81. The fourth-order valence-electron chi connectivity index (χ4n) is 2.90. The number of likely N-dealkylation sites (tertiary alicyclic amines) is 1. The van der Waals surface area contributed by atoms with Gasteiger partial charge in [0.2, 0.25) is 5.91 Å². The van der Waals surface area contributed by atoms with E-state index in [-0.39, 0.29) is 27.8 Å². The molecule has 4 nitrogen and oxygen atoms in total. The van der Waals surface area contributed by atoms with E-state index in [1.165, 1.54) is 6.07 Å². The molecule has 0 radical (unpaired) electrons. The Morgan fingerprint density at radius 2 is 2.17 bits per heavy atom. The number of hydrogen-bond acceptors (Lipinski definition) is 3. The number of ether oxygens (including phenoxy) is 1. The van der Waals surface area contributed by atoms with E-state index in [0.29, 0.717) is 13.1 Å². The quantitative estimate of drug-likeness (QED) is 0.609. The maximum absolute atomic E-state index is 12.5. The number of carbonyl (C=O) groups is 1. The van der Waals surface area contributed by atoms with Gasteiger partial charge in [0.05, 0.1) is 16.4 Å². The van der Waals surface area contributed by atoms with Gasteiger partial charge in [-0.25, -0.2) is 8.78 Å². The highest BCUT2D eigenvalue weighted by Crippen LogP contribution is 2.50. The number of nitrogens with zero attached hydrogens (tertiary/aromatic N) is 1. The number of alkyl halides is 2. The van der Waals surface area contributed by atoms with E-state index < -0.39 is 18.4 Å². The molecule has 1 saturated heterocycles. The number of amides is 1. The van der Waals surface area contributed by atoms with E-state index in [1.54, 1.807) is 29.2 Å². The maximum Gasteiger partial charge on any atom is 0.272 e. The lowest BCUT2D eigenvalue weighted by molar-refractivity contribution is -0.131. The molecule has 1 aliphatic carbocycles. The van der Waals surface area contributed by atoms with Crippen LogP contribution in [0.5, 0.6) is 5.75 Å². The first kappa shape index (κ1) is 17.2. The molecule has 128 valence electrons. The van der Waals surface area contributed by atoms with Crippen molar-refractivity contribution in [2.45, 2.75) is 13.0 Å². The molecule has 2 aliphatic rings. The van der Waals surface area contributed by atoms with Gasteiger partial charge in [-0.2, -0.15) is 0 Å². The van der Waals surface area contributed by atoms with Gasteiger partial charge in [0.25, 0.3) is 6.43 Å². The van der Waals surface area contributed by atoms with Crippen molar-refractivity contribution in [2.24, 2.45) is 11.3 Å². The zero-order chi connectivity index (χ0) is 17.5. The highest BCUT2D eigenvalue weighted by atomic mass is 35.5. The summed E-state index contributed by atoms with van der Waals surface area (Å²) >= 11 is 11.9. The molecule has 1 heterocycles. The molecule has 1 aliphatic heterocycles. The monoisotopic (exact) mass is 374 g/mol. The molecule has 0 saturated carbocycles. The number of benzene rings is 1. The Morgan fingerprint density at radius 3 is 2.67 bits per heavy atom. The molecule has 1 spiro atoms. The SMILES string of the molecule is N=C(Cl)C1CN(Cc2ccc(OCC(F)F)c(Cl)c2)C(=O)C12C=C2. The summed E-state index contributed by atoms with van der Waals surface area (Å²) in [7, 11) is 0. The van der Waals surface area contributed by atoms with Gasteiger partial charge >= 0.3 is 0 Å². The molecular formula is C16H14Cl2F2N2O2. The lowest BCUT2D eigenvalue weighted by atomic mass is 9.91. The lowest BCUT2D eigenvalue weighted by Gasteiger charge is -2.17. The van der Waals surface area contributed by atoms with Crippen LogP contribution in [0.25, 0.3) is 0 Å². The van der Waals surface area contributed by atoms with Crippen LogP contribution in [0.4, 0.5) is 8.78 Å². The van der Waals surface area contributed by atoms with Gasteiger partial charge in [-0.15, -0.1) is 0 Å². The molecule has 0 bridgehead atoms. The molecule has 1 amide bonds. The Balaban J connectivity index is 1.69. The second kappa shape index (κ2) is 6.33. The van der Waals surface area contributed by atoms with Crippen molar-refractivity contribution in [1.29, 1.82) is 5.41 Å². The summed E-state index contributed by atoms with van der Waals surface area (Å²) in [5.41, 5.74) is 0.0125. The van der Waals surface area contributed by atoms with Crippen molar-refractivity contribution in [3.63, 3.8) is 0 Å². The Bertz CT molecular complexity index is 718. The molecule has 8 heteroatoms. The minimum absolute atomic E-state index is 0.0374. The minimum Gasteiger partial charge on any atom is -0.486 e. The molecule has 1 N–H and O–H groups in total. The molecule has 1 aromatic rings. The largest absolute Gasteiger partial charge is 0.486 e. The first-order valence-corrected chi connectivity index (χ1v) is 8.02. The van der Waals surface area contributed by atoms with Crippen LogP contribution in [0.2, 0.25) is 5.02 Å². The number of carbonyl (C=O) groups excluding carboxylic acids is 1. The first-order valence-electron chi connectivity index (χ1n) is 7.26. The van der Waals surface area contributed by atoms with E-state index in [4.69, 9.17) is 33.3 Å². The van der Waals surface area contributed by atoms with Crippen LogP contribution in [0.15, 0.2) is 30.4 Å². The Kier molecular flexibility index (Phi) is 4.53. The van der Waals surface area contributed by atoms with Gasteiger partial charge < -0.3 is 9.64 Å². The topological polar surface area (TPSA) is 53.4 Å². The molecular weight excluding hydrogens is 361 g/mol. The molecule has 0 aromatic heterocycles. The zero-order valence-electron chi connectivity index (χ0n) is 12.4. The summed E-state index contributed by atoms with van der Waals surface area (Å²) in [4.78, 5) is 14.1. The van der Waals surface area contributed by atoms with Crippen LogP contribution in [-0.4, -0.2) is 35.6 Å². The van der Waals surface area contributed by atoms with Crippen molar-refractivity contribution in [3.8, 4) is 5.75 Å². The molecule has 3 rings (SSSR count). The van der Waals surface area contributed by atoms with Crippen LogP contribution in [0, 0.1) is 16.7 Å². The number of hydrogen-bond donors (Lipinski definition) is 1. The van der Waals surface area contributed by atoms with Gasteiger partial charge in [-0.3, -0.25) is 10.2 Å². The summed E-state index contributed by atoms with van der Waals surface area (Å²) in [6, 6.07) is 4.76. The van der Waals surface area contributed by atoms with Gasteiger partial charge in [-0.05, 0) is 17.7 Å². The molecule has 24 heavy (non-hydrogen) atoms. The molecule has 1 unspecified atom stereocenters. The highest BCUT2D eigenvalue weighted by molar-refractivity contribution is 6.65. The smallest absolute Gasteiger partial charge is 0.272 e. The van der Waals surface area contributed by atoms with Gasteiger partial charge in [-0.1, -0.05) is 41.4 Å². The fraction of sp³-hybridized carbons (Fsp3) is 0.375. The average Bonchev–Trinajstić information content (AvgIpc) is 3.25. The van der Waals surface area contributed by atoms with E-state index in [2.05, 4.69) is 0 Å². The number of rotatable bonds is 6. The Morgan fingerprint density at radius 1 is 1.46 bits per heavy atom. The maximum atomic E-state index is 12.5. The summed E-state index contributed by atoms with van der Waals surface area (Å²) in [6.45, 7) is -0.0649. The van der Waals surface area contributed by atoms with E-state index >= 15 is 0 Å². The van der Waals surface area contributed by atoms with Crippen LogP contribution in [0.3, 0.4) is 0 Å². The molecule has 1 atom stereocenters. The third-order valence-corrected chi connectivity index (χ3v) is 4.76. The predicted octanol–water partition coefficient (Wildman–Crippen LogP) is 3.71. The van der Waals surface area contributed by atoms with Crippen LogP contribution >= 0.6 is 23.2 Å². The van der Waals surface area contributed by atoms with E-state index in [0.717, 1.165) is 5.56 Å². The number of nitrogens with one attached hydrogen (secondary N) is 1.